The molecule has 2 aromatic rings. The fourth-order valence-corrected chi connectivity index (χ4v) is 2.85. The Morgan fingerprint density at radius 1 is 1.24 bits per heavy atom. The van der Waals surface area contributed by atoms with Crippen molar-refractivity contribution < 1.29 is 4.79 Å². The van der Waals surface area contributed by atoms with Crippen molar-refractivity contribution in [1.82, 2.24) is 0 Å². The number of halogens is 1. The average molecular weight is 320 g/mol. The van der Waals surface area contributed by atoms with Crippen molar-refractivity contribution >= 4 is 35.0 Å². The molecule has 21 heavy (non-hydrogen) atoms. The second-order valence-electron chi connectivity index (χ2n) is 4.89. The Bertz CT molecular complexity index is 615. The number of thioether (sulfide) groups is 1. The first-order valence-corrected chi connectivity index (χ1v) is 8.21. The number of hydrogen-bond acceptors (Lipinski definition) is 2. The summed E-state index contributed by atoms with van der Waals surface area (Å²) in [5.74, 6) is 0.825. The zero-order valence-electron chi connectivity index (χ0n) is 12.1. The molecule has 1 atom stereocenters. The maximum absolute atomic E-state index is 12.2. The van der Waals surface area contributed by atoms with E-state index in [9.17, 15) is 4.79 Å². The van der Waals surface area contributed by atoms with Crippen LogP contribution in [0.1, 0.15) is 18.1 Å². The third-order valence-electron chi connectivity index (χ3n) is 3.17. The van der Waals surface area contributed by atoms with E-state index in [4.69, 9.17) is 11.6 Å². The van der Waals surface area contributed by atoms with E-state index in [1.165, 1.54) is 5.56 Å². The molecule has 0 bridgehead atoms. The molecule has 1 amide bonds. The number of hydrogen-bond donors (Lipinski definition) is 1. The Balaban J connectivity index is 1.92. The zero-order chi connectivity index (χ0) is 15.2. The number of aryl methyl sites for hydroxylation is 1. The van der Waals surface area contributed by atoms with E-state index in [1.54, 1.807) is 17.8 Å². The van der Waals surface area contributed by atoms with Crippen molar-refractivity contribution in [2.24, 2.45) is 0 Å². The van der Waals surface area contributed by atoms with E-state index in [0.29, 0.717) is 5.02 Å². The van der Waals surface area contributed by atoms with Crippen LogP contribution < -0.4 is 5.32 Å². The Morgan fingerprint density at radius 2 is 1.95 bits per heavy atom. The molecule has 0 saturated carbocycles. The summed E-state index contributed by atoms with van der Waals surface area (Å²) in [5, 5.41) is 3.45. The Labute approximate surface area is 134 Å². The first-order valence-electron chi connectivity index (χ1n) is 6.79. The van der Waals surface area contributed by atoms with Crippen LogP contribution >= 0.6 is 23.4 Å². The molecule has 0 aliphatic carbocycles. The summed E-state index contributed by atoms with van der Waals surface area (Å²) in [5.41, 5.74) is 3.01. The largest absolute Gasteiger partial charge is 0.325 e. The van der Waals surface area contributed by atoms with Gasteiger partial charge in [0.15, 0.2) is 0 Å². The molecule has 0 heterocycles. The first-order chi connectivity index (χ1) is 10.1. The maximum atomic E-state index is 12.2. The lowest BCUT2D eigenvalue weighted by molar-refractivity contribution is -0.115. The van der Waals surface area contributed by atoms with E-state index >= 15 is 0 Å². The standard InChI is InChI=1S/C17H18ClNOS/c1-12-8-9-15(18)10-16(12)19-17(20)13(2)21-11-14-6-4-3-5-7-14/h3-10,13H,11H2,1-2H3,(H,19,20)/t13-/m1/s1. The second kappa shape index (κ2) is 7.53. The summed E-state index contributed by atoms with van der Waals surface area (Å²) < 4.78 is 0. The zero-order valence-corrected chi connectivity index (χ0v) is 13.7. The molecule has 0 fully saturated rings. The lowest BCUT2D eigenvalue weighted by Gasteiger charge is -2.14. The fraction of sp³-hybridized carbons (Fsp3) is 0.235. The van der Waals surface area contributed by atoms with Crippen LogP contribution in [0.3, 0.4) is 0 Å². The van der Waals surface area contributed by atoms with E-state index in [2.05, 4.69) is 17.4 Å². The van der Waals surface area contributed by atoms with Gasteiger partial charge in [0.25, 0.3) is 0 Å². The molecular formula is C17H18ClNOS. The third kappa shape index (κ3) is 4.80. The molecule has 2 rings (SSSR count). The topological polar surface area (TPSA) is 29.1 Å². The van der Waals surface area contributed by atoms with E-state index in [-0.39, 0.29) is 11.2 Å². The van der Waals surface area contributed by atoms with Gasteiger partial charge in [-0.2, -0.15) is 0 Å². The molecule has 0 radical (unpaired) electrons. The van der Waals surface area contributed by atoms with Crippen molar-refractivity contribution in [2.75, 3.05) is 5.32 Å². The number of anilines is 1. The third-order valence-corrected chi connectivity index (χ3v) is 4.62. The molecule has 110 valence electrons. The van der Waals surface area contributed by atoms with Gasteiger partial charge in [0.2, 0.25) is 5.91 Å². The summed E-state index contributed by atoms with van der Waals surface area (Å²) in [6.07, 6.45) is 0. The second-order valence-corrected chi connectivity index (χ2v) is 6.65. The van der Waals surface area contributed by atoms with Crippen LogP contribution in [0.4, 0.5) is 5.69 Å². The normalized spacial score (nSPS) is 12.0. The maximum Gasteiger partial charge on any atom is 0.237 e. The molecule has 0 unspecified atom stereocenters. The molecule has 0 aromatic heterocycles. The van der Waals surface area contributed by atoms with Gasteiger partial charge < -0.3 is 5.32 Å². The van der Waals surface area contributed by atoms with Crippen molar-refractivity contribution in [2.45, 2.75) is 24.9 Å². The van der Waals surface area contributed by atoms with Crippen LogP contribution in [0.5, 0.6) is 0 Å². The highest BCUT2D eigenvalue weighted by Crippen LogP contribution is 2.23. The van der Waals surface area contributed by atoms with E-state index in [0.717, 1.165) is 17.0 Å². The van der Waals surface area contributed by atoms with Crippen molar-refractivity contribution in [3.8, 4) is 0 Å². The number of rotatable bonds is 5. The molecule has 0 saturated heterocycles. The SMILES string of the molecule is Cc1ccc(Cl)cc1NC(=O)[C@@H](C)SCc1ccccc1. The predicted octanol–water partition coefficient (Wildman–Crippen LogP) is 4.91. The van der Waals surface area contributed by atoms with Crippen LogP contribution in [0.2, 0.25) is 5.02 Å². The van der Waals surface area contributed by atoms with Gasteiger partial charge in [0.1, 0.15) is 0 Å². The number of carbonyl (C=O) groups is 1. The average Bonchev–Trinajstić information content (AvgIpc) is 2.49. The van der Waals surface area contributed by atoms with Gasteiger partial charge in [0, 0.05) is 16.5 Å². The van der Waals surface area contributed by atoms with Crippen molar-refractivity contribution in [1.29, 1.82) is 0 Å². The molecule has 2 aromatic carbocycles. The minimum absolute atomic E-state index is 0.00120. The number of nitrogens with one attached hydrogen (secondary N) is 1. The molecule has 0 aliphatic heterocycles. The van der Waals surface area contributed by atoms with Crippen LogP contribution in [0.15, 0.2) is 48.5 Å². The van der Waals surface area contributed by atoms with Gasteiger partial charge in [-0.15, -0.1) is 11.8 Å². The Morgan fingerprint density at radius 3 is 2.67 bits per heavy atom. The monoisotopic (exact) mass is 319 g/mol. The van der Waals surface area contributed by atoms with Crippen molar-refractivity contribution in [3.63, 3.8) is 0 Å². The first kappa shape index (κ1) is 15.9. The molecule has 2 nitrogen and oxygen atoms in total. The molecule has 0 spiro atoms. The lowest BCUT2D eigenvalue weighted by atomic mass is 10.2. The summed E-state index contributed by atoms with van der Waals surface area (Å²) in [6, 6.07) is 15.7. The van der Waals surface area contributed by atoms with E-state index < -0.39 is 0 Å². The van der Waals surface area contributed by atoms with Crippen LogP contribution in [-0.2, 0) is 10.5 Å². The Kier molecular flexibility index (Phi) is 5.71. The van der Waals surface area contributed by atoms with Gasteiger partial charge in [-0.05, 0) is 37.1 Å². The minimum atomic E-state index is -0.122. The highest BCUT2D eigenvalue weighted by atomic mass is 35.5. The number of carbonyl (C=O) groups excluding carboxylic acids is 1. The van der Waals surface area contributed by atoms with Crippen LogP contribution in [-0.4, -0.2) is 11.2 Å². The molecule has 1 N–H and O–H groups in total. The Hall–Kier alpha value is -1.45. The predicted molar refractivity (Wildman–Crippen MR) is 92.0 cm³/mol. The smallest absolute Gasteiger partial charge is 0.237 e. The van der Waals surface area contributed by atoms with Crippen LogP contribution in [0, 0.1) is 6.92 Å². The van der Waals surface area contributed by atoms with Gasteiger partial charge in [0.05, 0.1) is 5.25 Å². The summed E-state index contributed by atoms with van der Waals surface area (Å²) in [4.78, 5) is 12.2. The summed E-state index contributed by atoms with van der Waals surface area (Å²) in [6.45, 7) is 3.87. The summed E-state index contributed by atoms with van der Waals surface area (Å²) >= 11 is 7.59. The van der Waals surface area contributed by atoms with Gasteiger partial charge in [-0.25, -0.2) is 0 Å². The number of amides is 1. The fourth-order valence-electron chi connectivity index (χ4n) is 1.83. The van der Waals surface area contributed by atoms with Crippen LogP contribution in [0.25, 0.3) is 0 Å². The number of benzene rings is 2. The quantitative estimate of drug-likeness (QED) is 0.848. The minimum Gasteiger partial charge on any atom is -0.325 e. The molecule has 4 heteroatoms. The van der Waals surface area contributed by atoms with Gasteiger partial charge in [-0.3, -0.25) is 4.79 Å². The highest BCUT2D eigenvalue weighted by molar-refractivity contribution is 7.99. The molecular weight excluding hydrogens is 302 g/mol. The summed E-state index contributed by atoms with van der Waals surface area (Å²) in [7, 11) is 0. The lowest BCUT2D eigenvalue weighted by Crippen LogP contribution is -2.23. The van der Waals surface area contributed by atoms with Gasteiger partial charge >= 0.3 is 0 Å². The van der Waals surface area contributed by atoms with Gasteiger partial charge in [-0.1, -0.05) is 48.0 Å². The molecule has 0 aliphatic rings. The van der Waals surface area contributed by atoms with E-state index in [1.807, 2.05) is 44.2 Å². The highest BCUT2D eigenvalue weighted by Gasteiger charge is 2.14. The van der Waals surface area contributed by atoms with Crippen molar-refractivity contribution in [3.05, 3.63) is 64.7 Å².